The van der Waals surface area contributed by atoms with Crippen LogP contribution in [0, 0.1) is 17.8 Å². The van der Waals surface area contributed by atoms with Gasteiger partial charge in [0.05, 0.1) is 6.54 Å². The fraction of sp³-hybridized carbons (Fsp3) is 0.526. The summed E-state index contributed by atoms with van der Waals surface area (Å²) in [6, 6.07) is 9.38. The molecule has 0 aliphatic heterocycles. The average Bonchev–Trinajstić information content (AvgIpc) is 2.59. The quantitative estimate of drug-likeness (QED) is 0.822. The van der Waals surface area contributed by atoms with E-state index < -0.39 is 5.60 Å². The van der Waals surface area contributed by atoms with Crippen LogP contribution < -0.4 is 5.73 Å². The first kappa shape index (κ1) is 16.7. The van der Waals surface area contributed by atoms with Gasteiger partial charge in [0.1, 0.15) is 0 Å². The molecule has 0 amide bonds. The zero-order valence-corrected chi connectivity index (χ0v) is 13.1. The minimum atomic E-state index is -1.37. The Kier molecular flexibility index (Phi) is 6.18. The summed E-state index contributed by atoms with van der Waals surface area (Å²) in [5, 5.41) is 11.3. The third-order valence-electron chi connectivity index (χ3n) is 4.54. The number of benzene rings is 1. The van der Waals surface area contributed by atoms with E-state index >= 15 is 0 Å². The smallest absolute Gasteiger partial charge is 0.170 e. The summed E-state index contributed by atoms with van der Waals surface area (Å²) in [4.78, 5) is 12.8. The summed E-state index contributed by atoms with van der Waals surface area (Å²) in [6.07, 6.45) is 5.90. The lowest BCUT2D eigenvalue weighted by molar-refractivity contribution is -0.146. The predicted octanol–water partition coefficient (Wildman–Crippen LogP) is 2.77. The second-order valence-corrected chi connectivity index (χ2v) is 5.95. The molecule has 1 aliphatic carbocycles. The van der Waals surface area contributed by atoms with Crippen molar-refractivity contribution in [2.75, 3.05) is 6.54 Å². The van der Waals surface area contributed by atoms with Crippen molar-refractivity contribution in [2.45, 2.75) is 50.5 Å². The first-order valence-corrected chi connectivity index (χ1v) is 8.16. The summed E-state index contributed by atoms with van der Waals surface area (Å²) in [6.45, 7) is 0.305. The normalized spacial score (nSPS) is 18.1. The number of rotatable bonds is 5. The zero-order chi connectivity index (χ0) is 15.8. The van der Waals surface area contributed by atoms with E-state index in [-0.39, 0.29) is 18.1 Å². The van der Waals surface area contributed by atoms with Crippen molar-refractivity contribution in [2.24, 2.45) is 11.7 Å². The minimum Gasteiger partial charge on any atom is -0.377 e. The molecule has 1 saturated carbocycles. The summed E-state index contributed by atoms with van der Waals surface area (Å²) in [5.41, 5.74) is 4.68. The van der Waals surface area contributed by atoms with Gasteiger partial charge in [0.2, 0.25) is 0 Å². The highest BCUT2D eigenvalue weighted by Gasteiger charge is 2.44. The van der Waals surface area contributed by atoms with Crippen LogP contribution in [0.4, 0.5) is 0 Å². The number of carbonyl (C=O) groups excluding carboxylic acids is 1. The Balaban J connectivity index is 2.22. The monoisotopic (exact) mass is 299 g/mol. The molecule has 0 bridgehead atoms. The molecule has 1 aliphatic rings. The van der Waals surface area contributed by atoms with Crippen LogP contribution in [0.5, 0.6) is 0 Å². The number of hydrogen-bond donors (Lipinski definition) is 2. The molecule has 0 saturated heterocycles. The highest BCUT2D eigenvalue weighted by molar-refractivity contribution is 5.88. The third kappa shape index (κ3) is 3.76. The molecule has 118 valence electrons. The lowest BCUT2D eigenvalue weighted by Gasteiger charge is -2.37. The van der Waals surface area contributed by atoms with Crippen molar-refractivity contribution in [1.82, 2.24) is 0 Å². The lowest BCUT2D eigenvalue weighted by Crippen LogP contribution is -2.44. The zero-order valence-electron chi connectivity index (χ0n) is 13.1. The van der Waals surface area contributed by atoms with Crippen molar-refractivity contribution in [3.63, 3.8) is 0 Å². The third-order valence-corrected chi connectivity index (χ3v) is 4.54. The molecule has 0 heterocycles. The maximum atomic E-state index is 12.8. The van der Waals surface area contributed by atoms with Gasteiger partial charge in [-0.25, -0.2) is 0 Å². The summed E-state index contributed by atoms with van der Waals surface area (Å²) in [5.74, 6) is 5.55. The number of nitrogens with two attached hydrogens (primary N) is 1. The highest BCUT2D eigenvalue weighted by Crippen LogP contribution is 2.40. The summed E-state index contributed by atoms with van der Waals surface area (Å²) >= 11 is 0. The molecule has 3 nitrogen and oxygen atoms in total. The largest absolute Gasteiger partial charge is 0.377 e. The molecule has 0 aromatic heterocycles. The average molecular weight is 299 g/mol. The van der Waals surface area contributed by atoms with E-state index in [1.54, 1.807) is 0 Å². The van der Waals surface area contributed by atoms with Crippen LogP contribution in [0.25, 0.3) is 0 Å². The van der Waals surface area contributed by atoms with Gasteiger partial charge >= 0.3 is 0 Å². The van der Waals surface area contributed by atoms with Gasteiger partial charge in [-0.1, -0.05) is 55.5 Å². The van der Waals surface area contributed by atoms with E-state index in [9.17, 15) is 9.90 Å². The molecule has 1 aromatic rings. The fourth-order valence-corrected chi connectivity index (χ4v) is 3.36. The second kappa shape index (κ2) is 8.12. The van der Waals surface area contributed by atoms with Crippen molar-refractivity contribution in [1.29, 1.82) is 0 Å². The Hall–Kier alpha value is -1.63. The predicted molar refractivity (Wildman–Crippen MR) is 88.0 cm³/mol. The molecule has 1 unspecified atom stereocenters. The SMILES string of the molecule is NCC#CCCC(=O)C(O)(c1ccccc1)C1CCCCC1. The Morgan fingerprint density at radius 3 is 2.50 bits per heavy atom. The van der Waals surface area contributed by atoms with Gasteiger partial charge in [-0.3, -0.25) is 4.79 Å². The number of carbonyl (C=O) groups is 1. The standard InChI is InChI=1S/C19H25NO2/c20-15-9-3-8-14-18(21)19(22,16-10-4-1-5-11-16)17-12-6-2-7-13-17/h1,4-5,10-11,17,22H,2,6-8,12-15,20H2. The summed E-state index contributed by atoms with van der Waals surface area (Å²) in [7, 11) is 0. The Labute approximate surface area is 132 Å². The Morgan fingerprint density at radius 1 is 1.18 bits per heavy atom. The number of aliphatic hydroxyl groups is 1. The van der Waals surface area contributed by atoms with Gasteiger partial charge in [0, 0.05) is 12.8 Å². The van der Waals surface area contributed by atoms with Gasteiger partial charge in [0.15, 0.2) is 11.4 Å². The molecule has 0 spiro atoms. The van der Waals surface area contributed by atoms with Crippen molar-refractivity contribution in [3.05, 3.63) is 35.9 Å². The van der Waals surface area contributed by atoms with E-state index in [0.29, 0.717) is 13.0 Å². The molecule has 1 fully saturated rings. The molecule has 22 heavy (non-hydrogen) atoms. The van der Waals surface area contributed by atoms with Crippen LogP contribution in [-0.4, -0.2) is 17.4 Å². The molecular formula is C19H25NO2. The molecule has 3 heteroatoms. The molecular weight excluding hydrogens is 274 g/mol. The van der Waals surface area contributed by atoms with E-state index in [1.807, 2.05) is 30.3 Å². The molecule has 1 aromatic carbocycles. The first-order valence-electron chi connectivity index (χ1n) is 8.16. The topological polar surface area (TPSA) is 63.3 Å². The van der Waals surface area contributed by atoms with Crippen LogP contribution in [0.1, 0.15) is 50.5 Å². The number of ketones is 1. The maximum absolute atomic E-state index is 12.8. The van der Waals surface area contributed by atoms with Gasteiger partial charge in [-0.05, 0) is 24.3 Å². The van der Waals surface area contributed by atoms with Gasteiger partial charge in [0.25, 0.3) is 0 Å². The van der Waals surface area contributed by atoms with Crippen LogP contribution >= 0.6 is 0 Å². The van der Waals surface area contributed by atoms with Gasteiger partial charge in [-0.15, -0.1) is 5.92 Å². The minimum absolute atomic E-state index is 0.0126. The maximum Gasteiger partial charge on any atom is 0.170 e. The lowest BCUT2D eigenvalue weighted by atomic mass is 9.70. The van der Waals surface area contributed by atoms with E-state index in [1.165, 1.54) is 6.42 Å². The van der Waals surface area contributed by atoms with Crippen LogP contribution in [0.3, 0.4) is 0 Å². The van der Waals surface area contributed by atoms with Crippen LogP contribution in [-0.2, 0) is 10.4 Å². The van der Waals surface area contributed by atoms with Crippen LogP contribution in [0.15, 0.2) is 30.3 Å². The van der Waals surface area contributed by atoms with Crippen LogP contribution in [0.2, 0.25) is 0 Å². The Bertz CT molecular complexity index is 538. The Morgan fingerprint density at radius 2 is 1.86 bits per heavy atom. The summed E-state index contributed by atoms with van der Waals surface area (Å²) < 4.78 is 0. The fourth-order valence-electron chi connectivity index (χ4n) is 3.36. The highest BCUT2D eigenvalue weighted by atomic mass is 16.3. The van der Waals surface area contributed by atoms with E-state index in [4.69, 9.17) is 5.73 Å². The van der Waals surface area contributed by atoms with Crippen molar-refractivity contribution < 1.29 is 9.90 Å². The van der Waals surface area contributed by atoms with E-state index in [0.717, 1.165) is 31.2 Å². The molecule has 0 radical (unpaired) electrons. The van der Waals surface area contributed by atoms with Gasteiger partial charge < -0.3 is 10.8 Å². The number of hydrogen-bond acceptors (Lipinski definition) is 3. The van der Waals surface area contributed by atoms with Crippen molar-refractivity contribution in [3.8, 4) is 11.8 Å². The second-order valence-electron chi connectivity index (χ2n) is 5.95. The van der Waals surface area contributed by atoms with Gasteiger partial charge in [-0.2, -0.15) is 0 Å². The molecule has 2 rings (SSSR count). The number of Topliss-reactive ketones (excluding diaryl/α,β-unsaturated/α-hetero) is 1. The molecule has 3 N–H and O–H groups in total. The van der Waals surface area contributed by atoms with E-state index in [2.05, 4.69) is 11.8 Å². The molecule has 1 atom stereocenters. The van der Waals surface area contributed by atoms with Crippen molar-refractivity contribution >= 4 is 5.78 Å². The first-order chi connectivity index (χ1) is 10.7.